The quantitative estimate of drug-likeness (QED) is 0.632. The second kappa shape index (κ2) is 8.91. The molecule has 2 aromatic carbocycles. The van der Waals surface area contributed by atoms with Gasteiger partial charge in [-0.05, 0) is 42.7 Å². The summed E-state index contributed by atoms with van der Waals surface area (Å²) in [5.41, 5.74) is 3.38. The summed E-state index contributed by atoms with van der Waals surface area (Å²) < 4.78 is 18.3. The summed E-state index contributed by atoms with van der Waals surface area (Å²) >= 11 is 0. The first kappa shape index (κ1) is 17.8. The van der Waals surface area contributed by atoms with E-state index >= 15 is 0 Å². The van der Waals surface area contributed by atoms with Crippen molar-refractivity contribution in [2.24, 2.45) is 4.99 Å². The third kappa shape index (κ3) is 5.26. The first-order valence-corrected chi connectivity index (χ1v) is 7.95. The van der Waals surface area contributed by atoms with Crippen molar-refractivity contribution in [1.29, 1.82) is 0 Å². The third-order valence-corrected chi connectivity index (χ3v) is 3.72. The summed E-state index contributed by atoms with van der Waals surface area (Å²) in [4.78, 5) is 4.20. The van der Waals surface area contributed by atoms with Crippen LogP contribution in [0.1, 0.15) is 16.7 Å². The Labute approximate surface area is 142 Å². The molecule has 128 valence electrons. The zero-order valence-electron chi connectivity index (χ0n) is 14.4. The van der Waals surface area contributed by atoms with Crippen LogP contribution in [0.5, 0.6) is 5.75 Å². The Kier molecular flexibility index (Phi) is 6.61. The molecule has 0 amide bonds. The van der Waals surface area contributed by atoms with Crippen LogP contribution in [-0.4, -0.2) is 26.7 Å². The lowest BCUT2D eigenvalue weighted by molar-refractivity contribution is 0.409. The minimum Gasteiger partial charge on any atom is -0.496 e. The lowest BCUT2D eigenvalue weighted by Gasteiger charge is -2.13. The molecule has 0 radical (unpaired) electrons. The summed E-state index contributed by atoms with van der Waals surface area (Å²) in [5.74, 6) is 1.39. The first-order chi connectivity index (χ1) is 11.6. The van der Waals surface area contributed by atoms with E-state index in [0.717, 1.165) is 24.3 Å². The second-order valence-corrected chi connectivity index (χ2v) is 5.54. The lowest BCUT2D eigenvalue weighted by atomic mass is 10.1. The maximum absolute atomic E-state index is 12.9. The number of nitrogens with one attached hydrogen (secondary N) is 2. The van der Waals surface area contributed by atoms with Crippen LogP contribution in [0.3, 0.4) is 0 Å². The standard InChI is InChI=1S/C19H24FN3O/c1-14-4-9-18(24-3)16(12-14)10-11-22-19(21-2)23-13-15-5-7-17(20)8-6-15/h4-9,12H,10-11,13H2,1-3H3,(H2,21,22,23). The summed E-state index contributed by atoms with van der Waals surface area (Å²) in [5, 5.41) is 6.50. The van der Waals surface area contributed by atoms with Crippen molar-refractivity contribution in [3.63, 3.8) is 0 Å². The number of benzene rings is 2. The summed E-state index contributed by atoms with van der Waals surface area (Å²) in [7, 11) is 3.41. The topological polar surface area (TPSA) is 45.7 Å². The van der Waals surface area contributed by atoms with Crippen LogP contribution in [0, 0.1) is 12.7 Å². The molecule has 24 heavy (non-hydrogen) atoms. The van der Waals surface area contributed by atoms with Crippen molar-refractivity contribution in [3.05, 3.63) is 65.0 Å². The molecule has 0 saturated carbocycles. The van der Waals surface area contributed by atoms with Crippen molar-refractivity contribution in [1.82, 2.24) is 10.6 Å². The van der Waals surface area contributed by atoms with Gasteiger partial charge in [0.1, 0.15) is 11.6 Å². The summed E-state index contributed by atoms with van der Waals surface area (Å²) in [6, 6.07) is 12.6. The molecule has 0 aromatic heterocycles. The van der Waals surface area contributed by atoms with Gasteiger partial charge < -0.3 is 15.4 Å². The van der Waals surface area contributed by atoms with Gasteiger partial charge in [-0.1, -0.05) is 29.8 Å². The number of nitrogens with zero attached hydrogens (tertiary/aromatic N) is 1. The first-order valence-electron chi connectivity index (χ1n) is 7.95. The number of hydrogen-bond donors (Lipinski definition) is 2. The van der Waals surface area contributed by atoms with Crippen LogP contribution in [0.2, 0.25) is 0 Å². The van der Waals surface area contributed by atoms with Gasteiger partial charge in [0.25, 0.3) is 0 Å². The molecule has 0 bridgehead atoms. The van der Waals surface area contributed by atoms with Gasteiger partial charge in [-0.15, -0.1) is 0 Å². The maximum Gasteiger partial charge on any atom is 0.191 e. The van der Waals surface area contributed by atoms with Crippen LogP contribution in [0.4, 0.5) is 4.39 Å². The van der Waals surface area contributed by atoms with E-state index in [0.29, 0.717) is 12.5 Å². The fourth-order valence-electron chi connectivity index (χ4n) is 2.43. The highest BCUT2D eigenvalue weighted by Crippen LogP contribution is 2.19. The predicted octanol–water partition coefficient (Wildman–Crippen LogP) is 3.05. The number of ether oxygens (including phenoxy) is 1. The highest BCUT2D eigenvalue weighted by Gasteiger charge is 2.04. The summed E-state index contributed by atoms with van der Waals surface area (Å²) in [6.45, 7) is 3.40. The molecule has 2 rings (SSSR count). The normalized spacial score (nSPS) is 11.2. The Morgan fingerprint density at radius 1 is 1.12 bits per heavy atom. The van der Waals surface area contributed by atoms with Gasteiger partial charge in [0.05, 0.1) is 7.11 Å². The van der Waals surface area contributed by atoms with Gasteiger partial charge >= 0.3 is 0 Å². The van der Waals surface area contributed by atoms with E-state index in [9.17, 15) is 4.39 Å². The monoisotopic (exact) mass is 329 g/mol. The Morgan fingerprint density at radius 2 is 1.88 bits per heavy atom. The molecule has 0 aliphatic heterocycles. The number of methoxy groups -OCH3 is 1. The number of hydrogen-bond acceptors (Lipinski definition) is 2. The second-order valence-electron chi connectivity index (χ2n) is 5.54. The molecule has 0 fully saturated rings. The average Bonchev–Trinajstić information content (AvgIpc) is 2.59. The van der Waals surface area contributed by atoms with E-state index < -0.39 is 0 Å². The van der Waals surface area contributed by atoms with Crippen LogP contribution < -0.4 is 15.4 Å². The predicted molar refractivity (Wildman–Crippen MR) is 96.0 cm³/mol. The molecule has 2 N–H and O–H groups in total. The molecule has 0 aliphatic rings. The van der Waals surface area contributed by atoms with Crippen LogP contribution in [0.25, 0.3) is 0 Å². The summed E-state index contributed by atoms with van der Waals surface area (Å²) in [6.07, 6.45) is 0.835. The number of rotatable bonds is 6. The van der Waals surface area contributed by atoms with Crippen LogP contribution in [0.15, 0.2) is 47.5 Å². The van der Waals surface area contributed by atoms with Crippen LogP contribution in [-0.2, 0) is 13.0 Å². The van der Waals surface area contributed by atoms with E-state index in [1.54, 1.807) is 26.3 Å². The average molecular weight is 329 g/mol. The number of halogens is 1. The van der Waals surface area contributed by atoms with Crippen LogP contribution >= 0.6 is 0 Å². The molecule has 0 aliphatic carbocycles. The lowest BCUT2D eigenvalue weighted by Crippen LogP contribution is -2.37. The highest BCUT2D eigenvalue weighted by molar-refractivity contribution is 5.79. The molecular formula is C19H24FN3O. The van der Waals surface area contributed by atoms with Gasteiger partial charge in [-0.25, -0.2) is 4.39 Å². The van der Waals surface area contributed by atoms with Crippen molar-refractivity contribution >= 4 is 5.96 Å². The Balaban J connectivity index is 1.83. The Morgan fingerprint density at radius 3 is 2.54 bits per heavy atom. The fraction of sp³-hybridized carbons (Fsp3) is 0.316. The van der Waals surface area contributed by atoms with Crippen molar-refractivity contribution < 1.29 is 9.13 Å². The van der Waals surface area contributed by atoms with E-state index in [-0.39, 0.29) is 5.82 Å². The van der Waals surface area contributed by atoms with Gasteiger partial charge in [-0.3, -0.25) is 4.99 Å². The molecule has 0 unspecified atom stereocenters. The number of aliphatic imine (C=N–C) groups is 1. The smallest absolute Gasteiger partial charge is 0.191 e. The fourth-order valence-corrected chi connectivity index (χ4v) is 2.43. The van der Waals surface area contributed by atoms with Crippen molar-refractivity contribution in [2.45, 2.75) is 19.9 Å². The van der Waals surface area contributed by atoms with Crippen molar-refractivity contribution in [3.8, 4) is 5.75 Å². The number of aryl methyl sites for hydroxylation is 1. The third-order valence-electron chi connectivity index (χ3n) is 3.72. The van der Waals surface area contributed by atoms with E-state index in [1.807, 2.05) is 12.1 Å². The van der Waals surface area contributed by atoms with Gasteiger partial charge in [-0.2, -0.15) is 0 Å². The zero-order valence-corrected chi connectivity index (χ0v) is 14.4. The minimum absolute atomic E-state index is 0.228. The molecule has 0 heterocycles. The number of guanidine groups is 1. The maximum atomic E-state index is 12.9. The van der Waals surface area contributed by atoms with E-state index in [1.165, 1.54) is 23.3 Å². The van der Waals surface area contributed by atoms with E-state index in [4.69, 9.17) is 4.74 Å². The zero-order chi connectivity index (χ0) is 17.4. The Hall–Kier alpha value is -2.56. The molecule has 0 saturated heterocycles. The largest absolute Gasteiger partial charge is 0.496 e. The van der Waals surface area contributed by atoms with E-state index in [2.05, 4.69) is 28.6 Å². The SMILES string of the molecule is CN=C(NCCc1cc(C)ccc1OC)NCc1ccc(F)cc1. The molecule has 0 atom stereocenters. The molecule has 2 aromatic rings. The highest BCUT2D eigenvalue weighted by atomic mass is 19.1. The minimum atomic E-state index is -0.228. The molecule has 4 nitrogen and oxygen atoms in total. The van der Waals surface area contributed by atoms with Gasteiger partial charge in [0.2, 0.25) is 0 Å². The van der Waals surface area contributed by atoms with Gasteiger partial charge in [0, 0.05) is 20.1 Å². The molecule has 0 spiro atoms. The van der Waals surface area contributed by atoms with Crippen molar-refractivity contribution in [2.75, 3.05) is 20.7 Å². The molecular weight excluding hydrogens is 305 g/mol. The van der Waals surface area contributed by atoms with Gasteiger partial charge in [0.15, 0.2) is 5.96 Å². The molecule has 5 heteroatoms. The Bertz CT molecular complexity index is 684.